The molecule has 0 saturated heterocycles. The van der Waals surface area contributed by atoms with Gasteiger partial charge in [0.05, 0.1) is 29.4 Å². The second-order valence-corrected chi connectivity index (χ2v) is 5.35. The smallest absolute Gasteiger partial charge is 0.257 e. The van der Waals surface area contributed by atoms with Crippen LogP contribution < -0.4 is 4.57 Å². The maximum absolute atomic E-state index is 7.98. The third-order valence-corrected chi connectivity index (χ3v) is 4.28. The van der Waals surface area contributed by atoms with E-state index in [2.05, 4.69) is 14.5 Å². The van der Waals surface area contributed by atoms with Crippen molar-refractivity contribution in [1.29, 1.82) is 0 Å². The Hall–Kier alpha value is -2.69. The molecule has 0 unspecified atom stereocenters. The zero-order chi connectivity index (χ0) is 16.6. The Bertz CT molecular complexity index is 1140. The standard InChI is InChI=1S/C16H14N5/c1-19-12-6-4-8-18-13(12)14-16(19)20(2)15-10-5-3-7-17-11(10)9-21(14)15/h3-8H,9H2,1-2H3/q+1/i1D3. The molecule has 5 rings (SSSR count). The summed E-state index contributed by atoms with van der Waals surface area (Å²) in [5, 5.41) is 0. The summed E-state index contributed by atoms with van der Waals surface area (Å²) in [6.45, 7) is -1.65. The minimum absolute atomic E-state index is 0.623. The number of aryl methyl sites for hydroxylation is 2. The minimum atomic E-state index is -2.28. The second kappa shape index (κ2) is 3.49. The highest BCUT2D eigenvalue weighted by molar-refractivity contribution is 6.02. The molecule has 0 spiro atoms. The Kier molecular flexibility index (Phi) is 1.42. The van der Waals surface area contributed by atoms with Gasteiger partial charge in [-0.2, -0.15) is 0 Å². The lowest BCUT2D eigenvalue weighted by Gasteiger charge is -1.98. The molecular weight excluding hydrogens is 262 g/mol. The summed E-state index contributed by atoms with van der Waals surface area (Å²) in [4.78, 5) is 8.93. The Labute approximate surface area is 125 Å². The first-order valence-electron chi connectivity index (χ1n) is 8.31. The Morgan fingerprint density at radius 3 is 3.00 bits per heavy atom. The molecule has 5 heterocycles. The lowest BCUT2D eigenvalue weighted by molar-refractivity contribution is -0.636. The van der Waals surface area contributed by atoms with Gasteiger partial charge in [-0.25, -0.2) is 14.1 Å². The molecule has 1 aliphatic heterocycles. The second-order valence-electron chi connectivity index (χ2n) is 5.35. The summed E-state index contributed by atoms with van der Waals surface area (Å²) in [5.74, 6) is 0.966. The van der Waals surface area contributed by atoms with E-state index in [0.717, 1.165) is 22.6 Å². The van der Waals surface area contributed by atoms with E-state index in [-0.39, 0.29) is 0 Å². The van der Waals surface area contributed by atoms with Crippen LogP contribution in [0.4, 0.5) is 0 Å². The molecule has 0 aliphatic carbocycles. The van der Waals surface area contributed by atoms with Crippen LogP contribution in [-0.2, 0) is 20.6 Å². The van der Waals surface area contributed by atoms with Crippen molar-refractivity contribution in [2.45, 2.75) is 6.54 Å². The van der Waals surface area contributed by atoms with Crippen molar-refractivity contribution in [2.24, 2.45) is 14.0 Å². The molecule has 21 heavy (non-hydrogen) atoms. The van der Waals surface area contributed by atoms with Crippen LogP contribution in [0.1, 0.15) is 9.81 Å². The van der Waals surface area contributed by atoms with Gasteiger partial charge in [-0.05, 0) is 24.3 Å². The van der Waals surface area contributed by atoms with Crippen molar-refractivity contribution >= 4 is 22.2 Å². The maximum Gasteiger partial charge on any atom is 0.270 e. The zero-order valence-electron chi connectivity index (χ0n) is 14.4. The van der Waals surface area contributed by atoms with Gasteiger partial charge in [0.15, 0.2) is 0 Å². The highest BCUT2D eigenvalue weighted by Gasteiger charge is 2.35. The van der Waals surface area contributed by atoms with Gasteiger partial charge in [0.25, 0.3) is 5.65 Å². The minimum Gasteiger partial charge on any atom is -0.257 e. The third kappa shape index (κ3) is 1.15. The number of rotatable bonds is 0. The van der Waals surface area contributed by atoms with E-state index in [1.807, 2.05) is 29.8 Å². The van der Waals surface area contributed by atoms with Crippen molar-refractivity contribution in [2.75, 3.05) is 0 Å². The lowest BCUT2D eigenvalue weighted by atomic mass is 10.2. The first-order chi connectivity index (χ1) is 11.5. The summed E-state index contributed by atoms with van der Waals surface area (Å²) in [7, 11) is 1.90. The molecule has 0 fully saturated rings. The number of aromatic nitrogens is 5. The zero-order valence-corrected chi connectivity index (χ0v) is 11.4. The van der Waals surface area contributed by atoms with Crippen molar-refractivity contribution in [3.8, 4) is 11.4 Å². The lowest BCUT2D eigenvalue weighted by Crippen LogP contribution is -2.31. The number of hydrogen-bond donors (Lipinski definition) is 0. The van der Waals surface area contributed by atoms with Crippen LogP contribution in [0.15, 0.2) is 36.7 Å². The average molecular weight is 279 g/mol. The third-order valence-electron chi connectivity index (χ3n) is 4.28. The summed E-state index contributed by atoms with van der Waals surface area (Å²) in [6, 6.07) is 7.50. The van der Waals surface area contributed by atoms with E-state index in [0.29, 0.717) is 23.2 Å². The van der Waals surface area contributed by atoms with Gasteiger partial charge >= 0.3 is 0 Å². The maximum atomic E-state index is 7.98. The molecule has 0 bridgehead atoms. The Balaban J connectivity index is 2.02. The summed E-state index contributed by atoms with van der Waals surface area (Å²) in [5.41, 5.74) is 4.87. The van der Waals surface area contributed by atoms with Crippen LogP contribution >= 0.6 is 0 Å². The Morgan fingerprint density at radius 2 is 2.10 bits per heavy atom. The first kappa shape index (κ1) is 8.56. The summed E-state index contributed by atoms with van der Waals surface area (Å²) >= 11 is 0. The first-order valence-corrected chi connectivity index (χ1v) is 6.81. The van der Waals surface area contributed by atoms with Gasteiger partial charge in [0.1, 0.15) is 17.6 Å². The average Bonchev–Trinajstić information content (AvgIpc) is 3.15. The van der Waals surface area contributed by atoms with Gasteiger partial charge in [0, 0.05) is 12.4 Å². The van der Waals surface area contributed by atoms with Crippen molar-refractivity contribution < 1.29 is 8.68 Å². The van der Waals surface area contributed by atoms with Gasteiger partial charge in [-0.15, -0.1) is 0 Å². The van der Waals surface area contributed by atoms with Crippen LogP contribution in [0.3, 0.4) is 0 Å². The molecule has 4 aromatic heterocycles. The monoisotopic (exact) mass is 279 g/mol. The van der Waals surface area contributed by atoms with E-state index in [1.165, 1.54) is 4.57 Å². The molecule has 0 amide bonds. The van der Waals surface area contributed by atoms with Crippen molar-refractivity contribution in [3.63, 3.8) is 0 Å². The molecule has 102 valence electrons. The molecule has 0 atom stereocenters. The quantitative estimate of drug-likeness (QED) is 0.405. The fourth-order valence-electron chi connectivity index (χ4n) is 3.43. The molecule has 5 heteroatoms. The van der Waals surface area contributed by atoms with E-state index in [9.17, 15) is 0 Å². The van der Waals surface area contributed by atoms with E-state index in [1.54, 1.807) is 18.5 Å². The van der Waals surface area contributed by atoms with Crippen LogP contribution in [0.2, 0.25) is 0 Å². The van der Waals surface area contributed by atoms with Gasteiger partial charge in [-0.3, -0.25) is 9.55 Å². The fraction of sp³-hybridized carbons (Fsp3) is 0.188. The molecule has 0 N–H and O–H groups in total. The number of fused-ring (bicyclic) bond motifs is 7. The van der Waals surface area contributed by atoms with Crippen molar-refractivity contribution in [3.05, 3.63) is 42.4 Å². The number of imidazole rings is 1. The molecular formula is C16H14N5+. The van der Waals surface area contributed by atoms with Crippen LogP contribution in [0, 0.1) is 0 Å². The SMILES string of the molecule is [2H]C([2H])([2H])n1c2cccnc2c2c1[n+](C)c1n2Cc2ncccc2-1. The van der Waals surface area contributed by atoms with E-state index < -0.39 is 6.98 Å². The summed E-state index contributed by atoms with van der Waals surface area (Å²) in [6.07, 6.45) is 3.48. The highest BCUT2D eigenvalue weighted by Crippen LogP contribution is 2.35. The Morgan fingerprint density at radius 1 is 1.24 bits per heavy atom. The van der Waals surface area contributed by atoms with Gasteiger partial charge in [0.2, 0.25) is 11.3 Å². The molecule has 0 aromatic carbocycles. The predicted octanol–water partition coefficient (Wildman–Crippen LogP) is 1.78. The highest BCUT2D eigenvalue weighted by atomic mass is 15.2. The normalized spacial score (nSPS) is 15.8. The molecule has 0 saturated carbocycles. The van der Waals surface area contributed by atoms with E-state index in [4.69, 9.17) is 4.11 Å². The number of nitrogens with zero attached hydrogens (tertiary/aromatic N) is 5. The van der Waals surface area contributed by atoms with Crippen LogP contribution in [0.5, 0.6) is 0 Å². The van der Waals surface area contributed by atoms with E-state index >= 15 is 0 Å². The fourth-order valence-corrected chi connectivity index (χ4v) is 3.43. The number of pyridine rings is 2. The number of hydrogen-bond acceptors (Lipinski definition) is 2. The largest absolute Gasteiger partial charge is 0.270 e. The van der Waals surface area contributed by atoms with Crippen molar-refractivity contribution in [1.82, 2.24) is 19.1 Å². The van der Waals surface area contributed by atoms with Crippen LogP contribution in [-0.4, -0.2) is 19.1 Å². The predicted molar refractivity (Wildman–Crippen MR) is 79.7 cm³/mol. The molecule has 5 nitrogen and oxygen atoms in total. The molecule has 4 aromatic rings. The molecule has 0 radical (unpaired) electrons. The van der Waals surface area contributed by atoms with Gasteiger partial charge in [-0.1, -0.05) is 0 Å². The topological polar surface area (TPSA) is 39.5 Å². The van der Waals surface area contributed by atoms with Gasteiger partial charge < -0.3 is 0 Å². The van der Waals surface area contributed by atoms with Crippen LogP contribution in [0.25, 0.3) is 33.6 Å². The summed E-state index contributed by atoms with van der Waals surface area (Å²) < 4.78 is 29.4. The molecule has 1 aliphatic rings.